The van der Waals surface area contributed by atoms with Crippen LogP contribution >= 0.6 is 0 Å². The quantitative estimate of drug-likeness (QED) is 0.920. The molecule has 1 heterocycles. The Morgan fingerprint density at radius 3 is 2.11 bits per heavy atom. The smallest absolute Gasteiger partial charge is 0.145 e. The third-order valence-electron chi connectivity index (χ3n) is 4.01. The molecule has 2 aromatic rings. The second-order valence-corrected chi connectivity index (χ2v) is 6.09. The molecule has 1 aromatic heterocycles. The highest BCUT2D eigenvalue weighted by Gasteiger charge is 2.40. The third kappa shape index (κ3) is 2.28. The van der Waals surface area contributed by atoms with Crippen LogP contribution in [-0.4, -0.2) is 20.3 Å². The van der Waals surface area contributed by atoms with E-state index in [1.54, 1.807) is 0 Å². The molecule has 19 heavy (non-hydrogen) atoms. The van der Waals surface area contributed by atoms with Gasteiger partial charge >= 0.3 is 0 Å². The van der Waals surface area contributed by atoms with Gasteiger partial charge in [0.1, 0.15) is 11.6 Å². The number of nitrogens with zero attached hydrogens (tertiary/aromatic N) is 3. The highest BCUT2D eigenvalue weighted by Crippen LogP contribution is 2.33. The number of hydrogen-bond acceptors (Lipinski definition) is 3. The molecule has 0 atom stereocenters. The van der Waals surface area contributed by atoms with Crippen molar-refractivity contribution in [1.82, 2.24) is 14.8 Å². The Morgan fingerprint density at radius 1 is 1.00 bits per heavy atom. The fourth-order valence-corrected chi connectivity index (χ4v) is 1.94. The van der Waals surface area contributed by atoms with Crippen molar-refractivity contribution in [3.05, 3.63) is 42.0 Å². The Balaban J connectivity index is 2.63. The molecule has 0 radical (unpaired) electrons. The summed E-state index contributed by atoms with van der Waals surface area (Å²) in [7, 11) is 0. The molecular formula is C15H22N4. The van der Waals surface area contributed by atoms with E-state index in [0.29, 0.717) is 0 Å². The number of nitrogens with two attached hydrogens (primary N) is 1. The van der Waals surface area contributed by atoms with Crippen molar-refractivity contribution in [3.63, 3.8) is 0 Å². The molecule has 2 N–H and O–H groups in total. The van der Waals surface area contributed by atoms with Crippen LogP contribution in [0.1, 0.15) is 39.3 Å². The van der Waals surface area contributed by atoms with Gasteiger partial charge in [0.2, 0.25) is 0 Å². The summed E-state index contributed by atoms with van der Waals surface area (Å²) in [4.78, 5) is 0. The minimum atomic E-state index is -0.390. The predicted molar refractivity (Wildman–Crippen MR) is 77.4 cm³/mol. The Labute approximate surface area is 114 Å². The van der Waals surface area contributed by atoms with Gasteiger partial charge in [0, 0.05) is 16.6 Å². The summed E-state index contributed by atoms with van der Waals surface area (Å²) >= 11 is 0. The minimum Gasteiger partial charge on any atom is -0.325 e. The van der Waals surface area contributed by atoms with Crippen LogP contribution in [0.25, 0.3) is 5.69 Å². The SMILES string of the molecule is Cc1nnc(C(C)(C)C(C)(C)N)n1-c1ccccc1. The zero-order valence-electron chi connectivity index (χ0n) is 12.3. The van der Waals surface area contributed by atoms with Gasteiger partial charge in [-0.15, -0.1) is 10.2 Å². The first-order valence-electron chi connectivity index (χ1n) is 6.52. The van der Waals surface area contributed by atoms with Crippen LogP contribution in [0, 0.1) is 6.92 Å². The van der Waals surface area contributed by atoms with Gasteiger partial charge in [0.05, 0.1) is 0 Å². The van der Waals surface area contributed by atoms with Crippen LogP contribution in [-0.2, 0) is 5.41 Å². The summed E-state index contributed by atoms with van der Waals surface area (Å²) in [5, 5.41) is 8.59. The van der Waals surface area contributed by atoms with Crippen molar-refractivity contribution in [1.29, 1.82) is 0 Å². The lowest BCUT2D eigenvalue weighted by Crippen LogP contribution is -2.51. The fraction of sp³-hybridized carbons (Fsp3) is 0.467. The number of aromatic nitrogens is 3. The maximum atomic E-state index is 6.32. The molecule has 102 valence electrons. The molecular weight excluding hydrogens is 236 g/mol. The van der Waals surface area contributed by atoms with Gasteiger partial charge in [0.25, 0.3) is 0 Å². The fourth-order valence-electron chi connectivity index (χ4n) is 1.94. The normalized spacial score (nSPS) is 12.7. The zero-order valence-corrected chi connectivity index (χ0v) is 12.3. The summed E-state index contributed by atoms with van der Waals surface area (Å²) < 4.78 is 2.08. The molecule has 0 aliphatic rings. The highest BCUT2D eigenvalue weighted by atomic mass is 15.3. The number of hydrogen-bond donors (Lipinski definition) is 1. The summed E-state index contributed by atoms with van der Waals surface area (Å²) in [5.74, 6) is 1.77. The van der Waals surface area contributed by atoms with Crippen LogP contribution in [0.3, 0.4) is 0 Å². The molecule has 0 aliphatic heterocycles. The molecule has 2 rings (SSSR count). The van der Waals surface area contributed by atoms with Crippen LogP contribution in [0.4, 0.5) is 0 Å². The van der Waals surface area contributed by atoms with Crippen molar-refractivity contribution in [2.45, 2.75) is 45.6 Å². The van der Waals surface area contributed by atoms with Crippen LogP contribution in [0.15, 0.2) is 30.3 Å². The molecule has 0 fully saturated rings. The van der Waals surface area contributed by atoms with Gasteiger partial charge in [-0.05, 0) is 32.9 Å². The monoisotopic (exact) mass is 258 g/mol. The van der Waals surface area contributed by atoms with Crippen molar-refractivity contribution in [2.24, 2.45) is 5.73 Å². The lowest BCUT2D eigenvalue weighted by molar-refractivity contribution is 0.287. The Hall–Kier alpha value is -1.68. The van der Waals surface area contributed by atoms with Gasteiger partial charge in [0.15, 0.2) is 0 Å². The summed E-state index contributed by atoms with van der Waals surface area (Å²) in [6.45, 7) is 10.2. The molecule has 1 aromatic carbocycles. The third-order valence-corrected chi connectivity index (χ3v) is 4.01. The molecule has 0 saturated carbocycles. The minimum absolute atomic E-state index is 0.288. The average Bonchev–Trinajstić information content (AvgIpc) is 2.71. The molecule has 0 spiro atoms. The molecule has 0 aliphatic carbocycles. The summed E-state index contributed by atoms with van der Waals surface area (Å²) in [6, 6.07) is 10.1. The van der Waals surface area contributed by atoms with E-state index in [0.717, 1.165) is 17.3 Å². The van der Waals surface area contributed by atoms with Gasteiger partial charge in [-0.1, -0.05) is 32.0 Å². The van der Waals surface area contributed by atoms with Crippen LogP contribution in [0.2, 0.25) is 0 Å². The lowest BCUT2D eigenvalue weighted by atomic mass is 9.74. The van der Waals surface area contributed by atoms with E-state index >= 15 is 0 Å². The Kier molecular flexibility index (Phi) is 3.22. The first kappa shape index (κ1) is 13.7. The second kappa shape index (κ2) is 4.46. The standard InChI is InChI=1S/C15H22N4/c1-11-17-18-13(14(2,3)15(4,5)16)19(11)12-9-7-6-8-10-12/h6-10H,16H2,1-5H3. The molecule has 0 bridgehead atoms. The first-order valence-corrected chi connectivity index (χ1v) is 6.52. The largest absolute Gasteiger partial charge is 0.325 e. The van der Waals surface area contributed by atoms with Gasteiger partial charge in [-0.25, -0.2) is 0 Å². The van der Waals surface area contributed by atoms with Crippen molar-refractivity contribution >= 4 is 0 Å². The van der Waals surface area contributed by atoms with Gasteiger partial charge in [-0.3, -0.25) is 4.57 Å². The summed E-state index contributed by atoms with van der Waals surface area (Å²) in [6.07, 6.45) is 0. The summed E-state index contributed by atoms with van der Waals surface area (Å²) in [5.41, 5.74) is 6.71. The van der Waals surface area contributed by atoms with E-state index in [4.69, 9.17) is 5.73 Å². The number of benzene rings is 1. The molecule has 0 amide bonds. The zero-order chi connectivity index (χ0) is 14.3. The van der Waals surface area contributed by atoms with Crippen LogP contribution in [0.5, 0.6) is 0 Å². The van der Waals surface area contributed by atoms with Crippen LogP contribution < -0.4 is 5.73 Å². The molecule has 4 heteroatoms. The predicted octanol–water partition coefficient (Wildman–Crippen LogP) is 2.59. The maximum Gasteiger partial charge on any atom is 0.145 e. The molecule has 4 nitrogen and oxygen atoms in total. The maximum absolute atomic E-state index is 6.32. The van der Waals surface area contributed by atoms with E-state index in [1.165, 1.54) is 0 Å². The van der Waals surface area contributed by atoms with Gasteiger partial charge < -0.3 is 5.73 Å². The topological polar surface area (TPSA) is 56.7 Å². The van der Waals surface area contributed by atoms with E-state index in [9.17, 15) is 0 Å². The van der Waals surface area contributed by atoms with E-state index in [2.05, 4.69) is 40.7 Å². The molecule has 0 unspecified atom stereocenters. The van der Waals surface area contributed by atoms with Crippen molar-refractivity contribution in [2.75, 3.05) is 0 Å². The number of rotatable bonds is 3. The Morgan fingerprint density at radius 2 is 1.58 bits per heavy atom. The van der Waals surface area contributed by atoms with E-state index in [-0.39, 0.29) is 11.0 Å². The van der Waals surface area contributed by atoms with E-state index in [1.807, 2.05) is 39.0 Å². The van der Waals surface area contributed by atoms with Crippen molar-refractivity contribution < 1.29 is 0 Å². The number of aryl methyl sites for hydroxylation is 1. The highest BCUT2D eigenvalue weighted by molar-refractivity contribution is 5.36. The number of para-hydroxylation sites is 1. The first-order chi connectivity index (χ1) is 8.75. The Bertz CT molecular complexity index is 562. The molecule has 0 saturated heterocycles. The lowest BCUT2D eigenvalue weighted by Gasteiger charge is -2.37. The van der Waals surface area contributed by atoms with Gasteiger partial charge in [-0.2, -0.15) is 0 Å². The second-order valence-electron chi connectivity index (χ2n) is 6.09. The average molecular weight is 258 g/mol. The van der Waals surface area contributed by atoms with Crippen molar-refractivity contribution in [3.8, 4) is 5.69 Å². The van der Waals surface area contributed by atoms with E-state index < -0.39 is 0 Å².